The number of likely N-dealkylation sites (tertiary alicyclic amines) is 1. The van der Waals surface area contributed by atoms with E-state index in [0.717, 1.165) is 41.5 Å². The fraction of sp³-hybridized carbons (Fsp3) is 0.421. The van der Waals surface area contributed by atoms with Crippen molar-refractivity contribution in [2.45, 2.75) is 26.3 Å². The van der Waals surface area contributed by atoms with Crippen LogP contribution in [0, 0.1) is 12.8 Å². The number of nitrogens with zero attached hydrogens (tertiary/aromatic N) is 1. The molecule has 2 atom stereocenters. The molecule has 3 rings (SSSR count). The van der Waals surface area contributed by atoms with Crippen molar-refractivity contribution in [2.24, 2.45) is 11.7 Å². The first-order chi connectivity index (χ1) is 12.0. The summed E-state index contributed by atoms with van der Waals surface area (Å²) in [7, 11) is 1.39. The van der Waals surface area contributed by atoms with Crippen LogP contribution in [0.5, 0.6) is 0 Å². The number of nitrogens with two attached hydrogens (primary N) is 1. The minimum absolute atomic E-state index is 0.105. The highest BCUT2D eigenvalue weighted by atomic mass is 16.5. The first-order valence-electron chi connectivity index (χ1n) is 8.60. The van der Waals surface area contributed by atoms with Crippen molar-refractivity contribution < 1.29 is 19.2 Å². The van der Waals surface area contributed by atoms with Gasteiger partial charge in [-0.2, -0.15) is 0 Å². The van der Waals surface area contributed by atoms with E-state index in [1.165, 1.54) is 12.0 Å². The molecule has 1 aromatic heterocycles. The van der Waals surface area contributed by atoms with Crippen molar-refractivity contribution in [3.63, 3.8) is 0 Å². The average molecular weight is 342 g/mol. The highest BCUT2D eigenvalue weighted by Gasteiger charge is 2.29. The number of carbonyl (C=O) groups excluding carboxylic acids is 2. The standard InChI is InChI=1S/C19H23N3O3/c1-12-14-7-3-4-8-15(14)21-16(17(12)19(24)25-2)11-22-9-5-6-13(10-22)18(20)23/h3-4,7-8,13H,5-6,9-11H2,1-2H3,(H2,20,23)/p+1/t13-/m1/s1. The number of piperidine rings is 1. The lowest BCUT2D eigenvalue weighted by Crippen LogP contribution is -3.12. The molecule has 6 heteroatoms. The lowest BCUT2D eigenvalue weighted by atomic mass is 9.96. The highest BCUT2D eigenvalue weighted by molar-refractivity contribution is 5.98. The van der Waals surface area contributed by atoms with Crippen LogP contribution in [-0.2, 0) is 16.1 Å². The van der Waals surface area contributed by atoms with Crippen LogP contribution in [0.15, 0.2) is 24.3 Å². The molecule has 1 aliphatic heterocycles. The zero-order chi connectivity index (χ0) is 18.0. The third-order valence-corrected chi connectivity index (χ3v) is 5.05. The number of aryl methyl sites for hydroxylation is 1. The third kappa shape index (κ3) is 3.49. The quantitative estimate of drug-likeness (QED) is 0.797. The number of esters is 1. The summed E-state index contributed by atoms with van der Waals surface area (Å²) in [6, 6.07) is 7.79. The molecule has 25 heavy (non-hydrogen) atoms. The number of primary amides is 1. The number of para-hydroxylation sites is 1. The van der Waals surface area contributed by atoms with E-state index in [1.807, 2.05) is 31.2 Å². The molecule has 1 saturated heterocycles. The van der Waals surface area contributed by atoms with Gasteiger partial charge < -0.3 is 15.4 Å². The van der Waals surface area contributed by atoms with Crippen LogP contribution >= 0.6 is 0 Å². The SMILES string of the molecule is COC(=O)c1c(C[NH+]2CCC[C@@H](C(N)=O)C2)nc2ccccc2c1C. The van der Waals surface area contributed by atoms with Crippen molar-refractivity contribution in [1.82, 2.24) is 4.98 Å². The van der Waals surface area contributed by atoms with Crippen LogP contribution in [0.3, 0.4) is 0 Å². The number of rotatable bonds is 4. The van der Waals surface area contributed by atoms with E-state index in [1.54, 1.807) is 0 Å². The Morgan fingerprint density at radius 2 is 2.12 bits per heavy atom. The fourth-order valence-electron chi connectivity index (χ4n) is 3.73. The van der Waals surface area contributed by atoms with Gasteiger partial charge in [-0.1, -0.05) is 18.2 Å². The van der Waals surface area contributed by atoms with Crippen LogP contribution < -0.4 is 10.6 Å². The average Bonchev–Trinajstić information content (AvgIpc) is 2.61. The van der Waals surface area contributed by atoms with E-state index in [9.17, 15) is 9.59 Å². The highest BCUT2D eigenvalue weighted by Crippen LogP contribution is 2.23. The Morgan fingerprint density at radius 3 is 2.84 bits per heavy atom. The summed E-state index contributed by atoms with van der Waals surface area (Å²) in [5, 5.41) is 0.954. The molecule has 3 N–H and O–H groups in total. The van der Waals surface area contributed by atoms with E-state index in [4.69, 9.17) is 15.5 Å². The van der Waals surface area contributed by atoms with Crippen molar-refractivity contribution in [2.75, 3.05) is 20.2 Å². The van der Waals surface area contributed by atoms with Gasteiger partial charge in [-0.3, -0.25) is 4.79 Å². The Hall–Kier alpha value is -2.47. The maximum Gasteiger partial charge on any atom is 0.340 e. The first-order valence-corrected chi connectivity index (χ1v) is 8.60. The molecule has 2 heterocycles. The van der Waals surface area contributed by atoms with Gasteiger partial charge in [-0.25, -0.2) is 9.78 Å². The normalized spacial score (nSPS) is 20.4. The summed E-state index contributed by atoms with van der Waals surface area (Å²) in [5.41, 5.74) is 8.49. The van der Waals surface area contributed by atoms with Gasteiger partial charge in [0, 0.05) is 5.39 Å². The second kappa shape index (κ2) is 7.19. The Labute approximate surface area is 147 Å². The number of methoxy groups -OCH3 is 1. The van der Waals surface area contributed by atoms with Crippen molar-refractivity contribution in [3.8, 4) is 0 Å². The molecule has 0 spiro atoms. The predicted molar refractivity (Wildman–Crippen MR) is 94.1 cm³/mol. The molecule has 1 fully saturated rings. The topological polar surface area (TPSA) is 86.7 Å². The Morgan fingerprint density at radius 1 is 1.36 bits per heavy atom. The molecule has 1 aliphatic rings. The van der Waals surface area contributed by atoms with Gasteiger partial charge in [0.1, 0.15) is 12.2 Å². The Kier molecular flexibility index (Phi) is 4.99. The summed E-state index contributed by atoms with van der Waals surface area (Å²) >= 11 is 0. The van der Waals surface area contributed by atoms with Gasteiger partial charge in [0.15, 0.2) is 0 Å². The van der Waals surface area contributed by atoms with Gasteiger partial charge in [-0.15, -0.1) is 0 Å². The van der Waals surface area contributed by atoms with Gasteiger partial charge in [0.05, 0.1) is 37.2 Å². The molecule has 6 nitrogen and oxygen atoms in total. The van der Waals surface area contributed by atoms with E-state index in [2.05, 4.69) is 0 Å². The molecular formula is C19H24N3O3+. The molecule has 0 aliphatic carbocycles. The number of carbonyl (C=O) groups is 2. The van der Waals surface area contributed by atoms with Crippen molar-refractivity contribution in [1.29, 1.82) is 0 Å². The van der Waals surface area contributed by atoms with Crippen LogP contribution in [0.4, 0.5) is 0 Å². The maximum atomic E-state index is 12.4. The second-order valence-electron chi connectivity index (χ2n) is 6.69. The molecule has 0 bridgehead atoms. The Bertz CT molecular complexity index is 819. The van der Waals surface area contributed by atoms with Gasteiger partial charge in [-0.05, 0) is 31.4 Å². The third-order valence-electron chi connectivity index (χ3n) is 5.05. The Balaban J connectivity index is 1.99. The maximum absolute atomic E-state index is 12.4. The van der Waals surface area contributed by atoms with Crippen LogP contribution in [0.2, 0.25) is 0 Å². The summed E-state index contributed by atoms with van der Waals surface area (Å²) in [6.07, 6.45) is 1.79. The van der Waals surface area contributed by atoms with Crippen molar-refractivity contribution >= 4 is 22.8 Å². The number of hydrogen-bond donors (Lipinski definition) is 2. The lowest BCUT2D eigenvalue weighted by molar-refractivity contribution is -0.921. The number of aromatic nitrogens is 1. The second-order valence-corrected chi connectivity index (χ2v) is 6.69. The largest absolute Gasteiger partial charge is 0.465 e. The van der Waals surface area contributed by atoms with Gasteiger partial charge in [0.25, 0.3) is 0 Å². The number of fused-ring (bicyclic) bond motifs is 1. The zero-order valence-electron chi connectivity index (χ0n) is 14.7. The smallest absolute Gasteiger partial charge is 0.340 e. The monoisotopic (exact) mass is 342 g/mol. The molecule has 1 amide bonds. The zero-order valence-corrected chi connectivity index (χ0v) is 14.7. The number of amides is 1. The van der Waals surface area contributed by atoms with Crippen LogP contribution in [0.1, 0.15) is 34.5 Å². The number of pyridine rings is 1. The number of nitrogens with one attached hydrogen (secondary N) is 1. The van der Waals surface area contributed by atoms with E-state index in [-0.39, 0.29) is 17.8 Å². The number of hydrogen-bond acceptors (Lipinski definition) is 4. The first kappa shape index (κ1) is 17.4. The molecule has 0 saturated carbocycles. The molecular weight excluding hydrogens is 318 g/mol. The number of benzene rings is 1. The molecule has 1 unspecified atom stereocenters. The van der Waals surface area contributed by atoms with Crippen LogP contribution in [0.25, 0.3) is 10.9 Å². The lowest BCUT2D eigenvalue weighted by Gasteiger charge is -2.28. The summed E-state index contributed by atoms with van der Waals surface area (Å²) in [5.74, 6) is -0.714. The summed E-state index contributed by atoms with van der Waals surface area (Å²) in [4.78, 5) is 29.8. The molecule has 132 valence electrons. The minimum atomic E-state index is -0.367. The van der Waals surface area contributed by atoms with E-state index in [0.29, 0.717) is 18.7 Å². The summed E-state index contributed by atoms with van der Waals surface area (Å²) in [6.45, 7) is 4.14. The minimum Gasteiger partial charge on any atom is -0.465 e. The van der Waals surface area contributed by atoms with E-state index >= 15 is 0 Å². The predicted octanol–water partition coefficient (Wildman–Crippen LogP) is 0.610. The molecule has 2 aromatic rings. The fourth-order valence-corrected chi connectivity index (χ4v) is 3.73. The van der Waals surface area contributed by atoms with Gasteiger partial charge >= 0.3 is 5.97 Å². The van der Waals surface area contributed by atoms with Gasteiger partial charge in [0.2, 0.25) is 5.91 Å². The van der Waals surface area contributed by atoms with E-state index < -0.39 is 0 Å². The van der Waals surface area contributed by atoms with Crippen molar-refractivity contribution in [3.05, 3.63) is 41.1 Å². The number of ether oxygens (including phenoxy) is 1. The molecule has 1 aromatic carbocycles. The van der Waals surface area contributed by atoms with Crippen LogP contribution in [-0.4, -0.2) is 37.1 Å². The number of quaternary nitrogens is 1. The molecule has 0 radical (unpaired) electrons. The summed E-state index contributed by atoms with van der Waals surface area (Å²) < 4.78 is 4.99.